The number of hydrogen-bond donors (Lipinski definition) is 3. The van der Waals surface area contributed by atoms with Crippen LogP contribution in [-0.4, -0.2) is 30.6 Å². The first-order valence-corrected chi connectivity index (χ1v) is 7.42. The summed E-state index contributed by atoms with van der Waals surface area (Å²) in [7, 11) is 0. The van der Waals surface area contributed by atoms with Gasteiger partial charge in [-0.15, -0.1) is 0 Å². The van der Waals surface area contributed by atoms with Crippen molar-refractivity contribution < 1.29 is 19.1 Å². The third-order valence-corrected chi connectivity index (χ3v) is 3.13. The molecule has 0 aliphatic carbocycles. The molecular weight excluding hydrogens is 322 g/mol. The molecule has 1 atom stereocenters. The summed E-state index contributed by atoms with van der Waals surface area (Å²) < 4.78 is 4.89. The number of nitrogens with one attached hydrogen (secondary N) is 2. The van der Waals surface area contributed by atoms with Crippen molar-refractivity contribution in [3.63, 3.8) is 0 Å². The highest BCUT2D eigenvalue weighted by molar-refractivity contribution is 6.31. The number of carbonyl (C=O) groups excluding carboxylic acids is 3. The van der Waals surface area contributed by atoms with Crippen LogP contribution in [0.3, 0.4) is 0 Å². The lowest BCUT2D eigenvalue weighted by molar-refractivity contribution is -0.149. The summed E-state index contributed by atoms with van der Waals surface area (Å²) in [6.07, 6.45) is -0.193. The molecule has 23 heavy (non-hydrogen) atoms. The molecule has 4 N–H and O–H groups in total. The topological polar surface area (TPSA) is 111 Å². The molecule has 0 radical (unpaired) electrons. The molecule has 1 aromatic rings. The Morgan fingerprint density at radius 3 is 2.43 bits per heavy atom. The van der Waals surface area contributed by atoms with Crippen molar-refractivity contribution in [2.75, 3.05) is 6.61 Å². The summed E-state index contributed by atoms with van der Waals surface area (Å²) in [5.74, 6) is -1.05. The van der Waals surface area contributed by atoms with Gasteiger partial charge in [-0.1, -0.05) is 29.8 Å². The van der Waals surface area contributed by atoms with Crippen molar-refractivity contribution >= 4 is 29.5 Å². The molecule has 0 saturated heterocycles. The molecule has 0 saturated carbocycles. The van der Waals surface area contributed by atoms with Crippen molar-refractivity contribution in [3.05, 3.63) is 34.9 Å². The van der Waals surface area contributed by atoms with Crippen LogP contribution in [0.5, 0.6) is 0 Å². The smallest absolute Gasteiger partial charge is 0.312 e. The minimum Gasteiger partial charge on any atom is -0.456 e. The number of carbonyl (C=O) groups is 3. The second-order valence-electron chi connectivity index (χ2n) is 5.17. The van der Waals surface area contributed by atoms with Gasteiger partial charge in [0.05, 0.1) is 12.5 Å². The van der Waals surface area contributed by atoms with E-state index in [1.807, 2.05) is 0 Å². The zero-order valence-electron chi connectivity index (χ0n) is 13.0. The average molecular weight is 342 g/mol. The lowest BCUT2D eigenvalue weighted by Gasteiger charge is -2.18. The molecular formula is C15H20ClN3O4. The Hall–Kier alpha value is -2.28. The average Bonchev–Trinajstić information content (AvgIpc) is 2.44. The van der Waals surface area contributed by atoms with Crippen molar-refractivity contribution in [2.24, 2.45) is 5.73 Å². The van der Waals surface area contributed by atoms with E-state index >= 15 is 0 Å². The SMILES string of the molecule is CC(C)NC(=O)COC(=O)C[C@@H](NC(N)=O)c1ccccc1Cl. The van der Waals surface area contributed by atoms with Crippen LogP contribution in [0.25, 0.3) is 0 Å². The Balaban J connectivity index is 2.67. The number of amides is 3. The molecule has 0 fully saturated rings. The molecule has 1 aromatic carbocycles. The van der Waals surface area contributed by atoms with Gasteiger partial charge in [0.15, 0.2) is 6.61 Å². The Bertz CT molecular complexity index is 578. The molecule has 0 bridgehead atoms. The van der Waals surface area contributed by atoms with Crippen molar-refractivity contribution in [2.45, 2.75) is 32.4 Å². The van der Waals surface area contributed by atoms with Crippen LogP contribution in [0.1, 0.15) is 31.9 Å². The number of benzene rings is 1. The first-order valence-electron chi connectivity index (χ1n) is 7.05. The van der Waals surface area contributed by atoms with E-state index in [4.69, 9.17) is 22.1 Å². The summed E-state index contributed by atoms with van der Waals surface area (Å²) in [5.41, 5.74) is 5.66. The van der Waals surface area contributed by atoms with Gasteiger partial charge < -0.3 is 21.1 Å². The fourth-order valence-corrected chi connectivity index (χ4v) is 2.17. The monoisotopic (exact) mass is 341 g/mol. The zero-order chi connectivity index (χ0) is 17.4. The van der Waals surface area contributed by atoms with E-state index in [1.54, 1.807) is 38.1 Å². The third kappa shape index (κ3) is 7.01. The van der Waals surface area contributed by atoms with Crippen LogP contribution >= 0.6 is 11.6 Å². The van der Waals surface area contributed by atoms with Gasteiger partial charge in [-0.3, -0.25) is 9.59 Å². The second kappa shape index (κ2) is 8.99. The first-order chi connectivity index (χ1) is 10.8. The van der Waals surface area contributed by atoms with Crippen LogP contribution in [-0.2, 0) is 14.3 Å². The van der Waals surface area contributed by atoms with Crippen LogP contribution in [0, 0.1) is 0 Å². The number of hydrogen-bond acceptors (Lipinski definition) is 4. The molecule has 126 valence electrons. The van der Waals surface area contributed by atoms with Gasteiger partial charge in [0.2, 0.25) is 0 Å². The number of halogens is 1. The van der Waals surface area contributed by atoms with E-state index in [1.165, 1.54) is 0 Å². The Kier molecular flexibility index (Phi) is 7.34. The van der Waals surface area contributed by atoms with E-state index in [2.05, 4.69) is 10.6 Å². The number of primary amides is 1. The van der Waals surface area contributed by atoms with E-state index in [-0.39, 0.29) is 19.1 Å². The van der Waals surface area contributed by atoms with Crippen LogP contribution in [0.4, 0.5) is 4.79 Å². The van der Waals surface area contributed by atoms with E-state index in [9.17, 15) is 14.4 Å². The molecule has 0 aliphatic heterocycles. The van der Waals surface area contributed by atoms with Crippen LogP contribution in [0.2, 0.25) is 5.02 Å². The van der Waals surface area contributed by atoms with Crippen molar-refractivity contribution in [3.8, 4) is 0 Å². The molecule has 0 heterocycles. The molecule has 0 aliphatic rings. The van der Waals surface area contributed by atoms with Gasteiger partial charge in [0, 0.05) is 11.1 Å². The van der Waals surface area contributed by atoms with Crippen molar-refractivity contribution in [1.29, 1.82) is 0 Å². The summed E-state index contributed by atoms with van der Waals surface area (Å²) in [6, 6.07) is 5.17. The maximum absolute atomic E-state index is 11.9. The molecule has 3 amide bonds. The number of esters is 1. The number of rotatable bonds is 7. The third-order valence-electron chi connectivity index (χ3n) is 2.78. The van der Waals surface area contributed by atoms with Gasteiger partial charge >= 0.3 is 12.0 Å². The normalized spacial score (nSPS) is 11.7. The molecule has 0 unspecified atom stereocenters. The molecule has 0 aromatic heterocycles. The van der Waals surface area contributed by atoms with E-state index in [0.717, 1.165) is 0 Å². The van der Waals surface area contributed by atoms with Gasteiger partial charge in [-0.25, -0.2) is 4.79 Å². The highest BCUT2D eigenvalue weighted by Crippen LogP contribution is 2.25. The van der Waals surface area contributed by atoms with Crippen molar-refractivity contribution in [1.82, 2.24) is 10.6 Å². The Morgan fingerprint density at radius 1 is 1.22 bits per heavy atom. The van der Waals surface area contributed by atoms with E-state index < -0.39 is 23.9 Å². The first kappa shape index (κ1) is 18.8. The summed E-state index contributed by atoms with van der Waals surface area (Å²) in [5, 5.41) is 5.42. The Morgan fingerprint density at radius 2 is 1.87 bits per heavy atom. The molecule has 0 spiro atoms. The van der Waals surface area contributed by atoms with Gasteiger partial charge in [0.25, 0.3) is 5.91 Å². The maximum atomic E-state index is 11.9. The van der Waals surface area contributed by atoms with Gasteiger partial charge in [-0.05, 0) is 25.5 Å². The largest absolute Gasteiger partial charge is 0.456 e. The molecule has 7 nitrogen and oxygen atoms in total. The number of ether oxygens (including phenoxy) is 1. The van der Waals surface area contributed by atoms with Gasteiger partial charge in [-0.2, -0.15) is 0 Å². The van der Waals surface area contributed by atoms with E-state index in [0.29, 0.717) is 10.6 Å². The van der Waals surface area contributed by atoms with Crippen LogP contribution in [0.15, 0.2) is 24.3 Å². The number of nitrogens with two attached hydrogens (primary N) is 1. The minimum absolute atomic E-state index is 0.0476. The zero-order valence-corrected chi connectivity index (χ0v) is 13.7. The molecule has 8 heteroatoms. The lowest BCUT2D eigenvalue weighted by Crippen LogP contribution is -2.36. The molecule has 1 rings (SSSR count). The second-order valence-corrected chi connectivity index (χ2v) is 5.58. The minimum atomic E-state index is -0.791. The highest BCUT2D eigenvalue weighted by atomic mass is 35.5. The fourth-order valence-electron chi connectivity index (χ4n) is 1.90. The standard InChI is InChI=1S/C15H20ClN3O4/c1-9(2)18-13(20)8-23-14(21)7-12(19-15(17)22)10-5-3-4-6-11(10)16/h3-6,9,12H,7-8H2,1-2H3,(H,18,20)(H3,17,19,22)/t12-/m1/s1. The van der Waals surface area contributed by atoms with Crippen LogP contribution < -0.4 is 16.4 Å². The summed E-state index contributed by atoms with van der Waals surface area (Å²) >= 11 is 6.06. The quantitative estimate of drug-likeness (QED) is 0.653. The maximum Gasteiger partial charge on any atom is 0.312 e. The summed E-state index contributed by atoms with van der Waals surface area (Å²) in [4.78, 5) is 34.4. The predicted octanol–water partition coefficient (Wildman–Crippen LogP) is 1.51. The predicted molar refractivity (Wildman–Crippen MR) is 85.8 cm³/mol. The number of urea groups is 1. The van der Waals surface area contributed by atoms with Gasteiger partial charge in [0.1, 0.15) is 0 Å². The lowest BCUT2D eigenvalue weighted by atomic mass is 10.0. The Labute approximate surface area is 139 Å². The fraction of sp³-hybridized carbons (Fsp3) is 0.400. The highest BCUT2D eigenvalue weighted by Gasteiger charge is 2.21. The summed E-state index contributed by atoms with van der Waals surface area (Å²) in [6.45, 7) is 3.21.